The molecule has 0 aliphatic carbocycles. The summed E-state index contributed by atoms with van der Waals surface area (Å²) < 4.78 is 22.7. The minimum atomic E-state index is -0.0978. The van der Waals surface area contributed by atoms with Crippen LogP contribution < -0.4 is 0 Å². The molecule has 0 spiro atoms. The van der Waals surface area contributed by atoms with E-state index >= 15 is 0 Å². The van der Waals surface area contributed by atoms with Crippen LogP contribution in [0.15, 0.2) is 23.3 Å². The number of aryl methyl sites for hydroxylation is 1. The Morgan fingerprint density at radius 3 is 2.46 bits per heavy atom. The average Bonchev–Trinajstić information content (AvgIpc) is 2.11. The fourth-order valence-electron chi connectivity index (χ4n) is 0.811. The summed E-state index contributed by atoms with van der Waals surface area (Å²) in [6.07, 6.45) is 0. The number of nitrogens with zero attached hydrogens (tertiary/aromatic N) is 1. The van der Waals surface area contributed by atoms with Gasteiger partial charge in [-0.25, -0.2) is 4.39 Å². The van der Waals surface area contributed by atoms with Gasteiger partial charge in [0.1, 0.15) is 5.82 Å². The van der Waals surface area contributed by atoms with E-state index in [2.05, 4.69) is 23.6 Å². The van der Waals surface area contributed by atoms with Gasteiger partial charge in [-0.1, -0.05) is 34.1 Å². The fraction of sp³-hybridized carbons (Fsp3) is 0.250. The number of benzene rings is 1. The van der Waals surface area contributed by atoms with Crippen molar-refractivity contribution >= 4 is 23.6 Å². The molecule has 1 nitrogen and oxygen atoms in total. The molecule has 1 rings (SSSR count). The van der Waals surface area contributed by atoms with Crippen LogP contribution in [0.5, 0.6) is 0 Å². The van der Waals surface area contributed by atoms with Crippen molar-refractivity contribution in [1.29, 1.82) is 0 Å². The van der Waals surface area contributed by atoms with Crippen molar-refractivity contribution in [1.82, 2.24) is 0 Å². The summed E-state index contributed by atoms with van der Waals surface area (Å²) in [5.41, 5.74) is 1.43. The summed E-state index contributed by atoms with van der Waals surface area (Å²) in [5.74, 6) is -0.0978. The van der Waals surface area contributed by atoms with Crippen molar-refractivity contribution in [2.75, 3.05) is 0 Å². The van der Waals surface area contributed by atoms with E-state index in [0.717, 1.165) is 5.56 Å². The van der Waals surface area contributed by atoms with E-state index in [4.69, 9.17) is 0 Å². The van der Waals surface area contributed by atoms with Gasteiger partial charge in [0.15, 0.2) is 0 Å². The third-order valence-corrected chi connectivity index (χ3v) is 2.02. The summed E-state index contributed by atoms with van der Waals surface area (Å²) in [6, 6.07) is 5.40. The molecule has 0 aliphatic heterocycles. The van der Waals surface area contributed by atoms with Gasteiger partial charge in [0.2, 0.25) is 0 Å². The van der Waals surface area contributed by atoms with Crippen molar-refractivity contribution in [3.05, 3.63) is 35.1 Å². The van der Waals surface area contributed by atoms with Gasteiger partial charge in [-0.05, 0) is 18.1 Å². The topological polar surface area (TPSA) is 12.4 Å². The molecule has 69 valence electrons. The Balaban J connectivity index is 0.000000424. The average molecular weight is 247 g/mol. The van der Waals surface area contributed by atoms with Gasteiger partial charge in [-0.15, -0.1) is 0 Å². The Bertz CT molecular complexity index is 281. The van der Waals surface area contributed by atoms with Crippen LogP contribution in [0.2, 0.25) is 0 Å². The van der Waals surface area contributed by atoms with Gasteiger partial charge in [0.25, 0.3) is 0 Å². The first-order valence-electron chi connectivity index (χ1n) is 3.48. The van der Waals surface area contributed by atoms with Crippen LogP contribution in [0.1, 0.15) is 11.1 Å². The number of halogens is 3. The molecule has 0 saturated heterocycles. The maximum atomic E-state index is 13.0. The Morgan fingerprint density at radius 1 is 1.54 bits per heavy atom. The van der Waals surface area contributed by atoms with E-state index in [9.17, 15) is 8.87 Å². The third kappa shape index (κ3) is 4.27. The summed E-state index contributed by atoms with van der Waals surface area (Å²) in [7, 11) is 3.81. The second kappa shape index (κ2) is 6.89. The van der Waals surface area contributed by atoms with Crippen LogP contribution >= 0.6 is 15.9 Å². The Morgan fingerprint density at radius 2 is 2.08 bits per heavy atom. The van der Waals surface area contributed by atoms with Crippen LogP contribution in [0, 0.1) is 12.7 Å². The molecule has 13 heavy (non-hydrogen) atoms. The molecular formula is C8H8BBrF2N. The molecule has 0 bridgehead atoms. The van der Waals surface area contributed by atoms with E-state index in [1.165, 1.54) is 5.12 Å². The molecule has 0 saturated carbocycles. The van der Waals surface area contributed by atoms with Gasteiger partial charge in [0.05, 0.1) is 0 Å². The summed E-state index contributed by atoms with van der Waals surface area (Å²) in [6.45, 7) is 1.77. The minimum absolute atomic E-state index is 0.0978. The van der Waals surface area contributed by atoms with Crippen LogP contribution in [-0.2, 0) is 5.33 Å². The first kappa shape index (κ1) is 12.4. The van der Waals surface area contributed by atoms with E-state index in [1.807, 2.05) is 6.07 Å². The van der Waals surface area contributed by atoms with E-state index < -0.39 is 0 Å². The van der Waals surface area contributed by atoms with Gasteiger partial charge >= 0.3 is 17.2 Å². The SMILES string of the molecule is Cc1cccc(CBr)c1F.[B]=NF. The first-order valence-corrected chi connectivity index (χ1v) is 4.60. The molecule has 0 fully saturated rings. The molecule has 1 aromatic rings. The van der Waals surface area contributed by atoms with E-state index in [1.54, 1.807) is 19.1 Å². The Labute approximate surface area is 85.4 Å². The van der Waals surface area contributed by atoms with E-state index in [-0.39, 0.29) is 5.82 Å². The Hall–Kier alpha value is -0.575. The number of hydrogen-bond acceptors (Lipinski definition) is 1. The van der Waals surface area contributed by atoms with Gasteiger partial charge < -0.3 is 0 Å². The molecule has 1 aromatic carbocycles. The third-order valence-electron chi connectivity index (χ3n) is 1.42. The summed E-state index contributed by atoms with van der Waals surface area (Å²) in [5, 5.41) is 2.08. The predicted octanol–water partition coefficient (Wildman–Crippen LogP) is 3.25. The fourth-order valence-corrected chi connectivity index (χ4v) is 1.24. The number of rotatable bonds is 1. The maximum absolute atomic E-state index is 13.0. The molecule has 1 radical (unpaired) electrons. The quantitative estimate of drug-likeness (QED) is 0.533. The second-order valence-electron chi connectivity index (χ2n) is 2.28. The first-order chi connectivity index (χ1) is 6.17. The molecule has 0 aliphatic rings. The Kier molecular flexibility index (Phi) is 6.58. The zero-order valence-electron chi connectivity index (χ0n) is 7.10. The van der Waals surface area contributed by atoms with Crippen molar-refractivity contribution in [2.45, 2.75) is 12.3 Å². The van der Waals surface area contributed by atoms with Crippen LogP contribution in [0.3, 0.4) is 0 Å². The van der Waals surface area contributed by atoms with Crippen LogP contribution in [0.4, 0.5) is 8.87 Å². The molecular weight excluding hydrogens is 239 g/mol. The number of alkyl halides is 1. The molecule has 5 heteroatoms. The molecule has 0 aromatic heterocycles. The summed E-state index contributed by atoms with van der Waals surface area (Å²) in [4.78, 5) is 0. The molecule has 0 N–H and O–H groups in total. The molecule has 0 unspecified atom stereocenters. The van der Waals surface area contributed by atoms with Crippen LogP contribution in [0.25, 0.3) is 0 Å². The summed E-state index contributed by atoms with van der Waals surface area (Å²) >= 11 is 3.20. The normalized spacial score (nSPS) is 8.54. The standard InChI is InChI=1S/C8H8BrF.BFN/c1-6-3-2-4-7(5-9)8(6)10;1-3-2/h2-4H,5H2,1H3;. The molecule has 0 atom stereocenters. The van der Waals surface area contributed by atoms with Crippen LogP contribution in [-0.4, -0.2) is 7.64 Å². The zero-order valence-corrected chi connectivity index (χ0v) is 8.68. The van der Waals surface area contributed by atoms with Gasteiger partial charge in [0, 0.05) is 5.33 Å². The van der Waals surface area contributed by atoms with Crippen molar-refractivity contribution in [3.8, 4) is 0 Å². The van der Waals surface area contributed by atoms with Gasteiger partial charge in [-0.3, -0.25) is 0 Å². The second-order valence-corrected chi connectivity index (χ2v) is 2.84. The molecule has 0 amide bonds. The van der Waals surface area contributed by atoms with Crippen molar-refractivity contribution in [2.24, 2.45) is 5.12 Å². The number of hydrogen-bond donors (Lipinski definition) is 0. The van der Waals surface area contributed by atoms with Gasteiger partial charge in [-0.2, -0.15) is 0 Å². The monoisotopic (exact) mass is 246 g/mol. The predicted molar refractivity (Wildman–Crippen MR) is 53.1 cm³/mol. The van der Waals surface area contributed by atoms with E-state index in [0.29, 0.717) is 10.9 Å². The van der Waals surface area contributed by atoms with Crippen molar-refractivity contribution < 1.29 is 8.87 Å². The van der Waals surface area contributed by atoms with Crippen molar-refractivity contribution in [3.63, 3.8) is 0 Å². The zero-order chi connectivity index (χ0) is 10.3. The molecule has 0 heterocycles.